The van der Waals surface area contributed by atoms with E-state index in [1.54, 1.807) is 36.4 Å². The molecular formula is C22H23F3N2O5. The Kier molecular flexibility index (Phi) is 8.22. The van der Waals surface area contributed by atoms with Crippen LogP contribution in [0.4, 0.5) is 24.5 Å². The number of carboxylic acid groups (broad SMARTS) is 2. The highest BCUT2D eigenvalue weighted by atomic mass is 19.4. The average molecular weight is 452 g/mol. The van der Waals surface area contributed by atoms with Gasteiger partial charge in [-0.05, 0) is 49.1 Å². The predicted molar refractivity (Wildman–Crippen MR) is 112 cm³/mol. The van der Waals surface area contributed by atoms with Crippen LogP contribution in [0.25, 0.3) is 0 Å². The number of nitrogens with one attached hydrogen (secondary N) is 1. The fourth-order valence-electron chi connectivity index (χ4n) is 3.24. The van der Waals surface area contributed by atoms with Crippen LogP contribution < -0.4 is 10.2 Å². The van der Waals surface area contributed by atoms with Crippen molar-refractivity contribution in [3.05, 3.63) is 59.7 Å². The molecule has 7 nitrogen and oxygen atoms in total. The second-order valence-electron chi connectivity index (χ2n) is 7.35. The Balaban J connectivity index is 0.000000451. The molecule has 1 atom stereocenters. The summed E-state index contributed by atoms with van der Waals surface area (Å²) in [5.41, 5.74) is 2.13. The van der Waals surface area contributed by atoms with Crippen molar-refractivity contribution >= 4 is 29.2 Å². The minimum absolute atomic E-state index is 0.164. The summed E-state index contributed by atoms with van der Waals surface area (Å²) in [4.78, 5) is 35.0. The Morgan fingerprint density at radius 1 is 1.03 bits per heavy atom. The van der Waals surface area contributed by atoms with Crippen LogP contribution in [-0.4, -0.2) is 47.3 Å². The molecule has 2 aromatic carbocycles. The molecule has 3 rings (SSSR count). The van der Waals surface area contributed by atoms with E-state index in [1.165, 1.54) is 12.5 Å². The number of alkyl halides is 3. The van der Waals surface area contributed by atoms with Gasteiger partial charge in [0.05, 0.1) is 16.9 Å². The number of carboxylic acids is 2. The number of nitrogens with zero attached hydrogens (tertiary/aromatic N) is 1. The number of hydrogen-bond donors (Lipinski definition) is 3. The van der Waals surface area contributed by atoms with Gasteiger partial charge in [0.2, 0.25) is 0 Å². The topological polar surface area (TPSA) is 107 Å². The van der Waals surface area contributed by atoms with Crippen molar-refractivity contribution < 1.29 is 37.8 Å². The molecule has 1 fully saturated rings. The first-order chi connectivity index (χ1) is 15.0. The van der Waals surface area contributed by atoms with E-state index in [4.69, 9.17) is 9.90 Å². The lowest BCUT2D eigenvalue weighted by atomic mass is 9.99. The fraction of sp³-hybridized carbons (Fsp3) is 0.318. The summed E-state index contributed by atoms with van der Waals surface area (Å²) < 4.78 is 31.7. The van der Waals surface area contributed by atoms with E-state index in [0.29, 0.717) is 17.2 Å². The molecular weight excluding hydrogens is 429 g/mol. The largest absolute Gasteiger partial charge is 0.490 e. The van der Waals surface area contributed by atoms with Gasteiger partial charge in [-0.3, -0.25) is 4.79 Å². The van der Waals surface area contributed by atoms with Crippen molar-refractivity contribution in [2.24, 2.45) is 5.92 Å². The van der Waals surface area contributed by atoms with Gasteiger partial charge in [0, 0.05) is 18.7 Å². The molecule has 32 heavy (non-hydrogen) atoms. The third-order valence-corrected chi connectivity index (χ3v) is 4.77. The van der Waals surface area contributed by atoms with Gasteiger partial charge in [-0.1, -0.05) is 25.1 Å². The van der Waals surface area contributed by atoms with Gasteiger partial charge in [-0.25, -0.2) is 9.59 Å². The van der Waals surface area contributed by atoms with Crippen LogP contribution >= 0.6 is 0 Å². The molecule has 3 N–H and O–H groups in total. The SMILES string of the molecule is CC1CCCN(c2ccc(C(=O)O)cc2NC(=O)c2ccccc2)C1.O=C(O)C(F)(F)F. The summed E-state index contributed by atoms with van der Waals surface area (Å²) in [5, 5.41) is 19.3. The second-order valence-corrected chi connectivity index (χ2v) is 7.35. The van der Waals surface area contributed by atoms with Crippen LogP contribution in [0.5, 0.6) is 0 Å². The van der Waals surface area contributed by atoms with Crippen LogP contribution in [-0.2, 0) is 4.79 Å². The van der Waals surface area contributed by atoms with Gasteiger partial charge >= 0.3 is 18.1 Å². The van der Waals surface area contributed by atoms with Gasteiger partial charge in [0.25, 0.3) is 5.91 Å². The molecule has 1 aliphatic heterocycles. The van der Waals surface area contributed by atoms with E-state index in [1.807, 2.05) is 6.07 Å². The summed E-state index contributed by atoms with van der Waals surface area (Å²) in [6.45, 7) is 4.02. The van der Waals surface area contributed by atoms with Gasteiger partial charge in [-0.2, -0.15) is 13.2 Å². The molecule has 1 unspecified atom stereocenters. The highest BCUT2D eigenvalue weighted by Crippen LogP contribution is 2.31. The molecule has 0 spiro atoms. The molecule has 10 heteroatoms. The first kappa shape index (κ1) is 24.7. The Labute approximate surface area is 182 Å². The van der Waals surface area contributed by atoms with Gasteiger partial charge < -0.3 is 20.4 Å². The number of hydrogen-bond acceptors (Lipinski definition) is 4. The van der Waals surface area contributed by atoms with E-state index in [9.17, 15) is 27.9 Å². The van der Waals surface area contributed by atoms with Crippen LogP contribution in [0.2, 0.25) is 0 Å². The number of piperidine rings is 1. The maximum Gasteiger partial charge on any atom is 0.490 e. The average Bonchev–Trinajstić information content (AvgIpc) is 2.74. The molecule has 0 aromatic heterocycles. The van der Waals surface area contributed by atoms with Crippen LogP contribution in [0.1, 0.15) is 40.5 Å². The first-order valence-electron chi connectivity index (χ1n) is 9.78. The maximum absolute atomic E-state index is 12.5. The minimum Gasteiger partial charge on any atom is -0.478 e. The van der Waals surface area contributed by atoms with Crippen molar-refractivity contribution in [1.82, 2.24) is 0 Å². The second kappa shape index (κ2) is 10.7. The summed E-state index contributed by atoms with van der Waals surface area (Å²) in [6.07, 6.45) is -2.80. The summed E-state index contributed by atoms with van der Waals surface area (Å²) in [6, 6.07) is 13.8. The van der Waals surface area contributed by atoms with Crippen LogP contribution in [0.3, 0.4) is 0 Å². The van der Waals surface area contributed by atoms with Gasteiger partial charge in [0.15, 0.2) is 0 Å². The summed E-state index contributed by atoms with van der Waals surface area (Å²) in [5.74, 6) is -3.43. The smallest absolute Gasteiger partial charge is 0.478 e. The maximum atomic E-state index is 12.5. The van der Waals surface area contributed by atoms with Crippen LogP contribution in [0, 0.1) is 5.92 Å². The van der Waals surface area contributed by atoms with Crippen molar-refractivity contribution in [3.63, 3.8) is 0 Å². The first-order valence-corrected chi connectivity index (χ1v) is 9.78. The zero-order chi connectivity index (χ0) is 23.9. The number of carbonyl (C=O) groups is 3. The Hall–Kier alpha value is -3.56. The zero-order valence-electron chi connectivity index (χ0n) is 17.2. The van der Waals surface area contributed by atoms with E-state index in [-0.39, 0.29) is 11.5 Å². The van der Waals surface area contributed by atoms with E-state index < -0.39 is 18.1 Å². The zero-order valence-corrected chi connectivity index (χ0v) is 17.2. The number of benzene rings is 2. The summed E-state index contributed by atoms with van der Waals surface area (Å²) in [7, 11) is 0. The number of halogens is 3. The Bertz CT molecular complexity index is 964. The lowest BCUT2D eigenvalue weighted by Crippen LogP contribution is -2.35. The molecule has 0 radical (unpaired) electrons. The molecule has 0 bridgehead atoms. The standard InChI is InChI=1S/C20H22N2O3.C2HF3O2/c1-14-6-5-11-22(13-14)18-10-9-16(20(24)25)12-17(18)21-19(23)15-7-3-2-4-8-15;3-2(4,5)1(6)7/h2-4,7-10,12,14H,5-6,11,13H2,1H3,(H,21,23)(H,24,25);(H,6,7). The normalized spacial score (nSPS) is 15.9. The van der Waals surface area contributed by atoms with Crippen LogP contribution in [0.15, 0.2) is 48.5 Å². The number of aromatic carboxylic acids is 1. The highest BCUT2D eigenvalue weighted by Gasteiger charge is 2.38. The third-order valence-electron chi connectivity index (χ3n) is 4.77. The minimum atomic E-state index is -5.08. The molecule has 1 saturated heterocycles. The third kappa shape index (κ3) is 7.00. The molecule has 1 amide bonds. The number of carbonyl (C=O) groups excluding carboxylic acids is 1. The molecule has 1 aliphatic rings. The van der Waals surface area contributed by atoms with Crippen molar-refractivity contribution in [2.75, 3.05) is 23.3 Å². The Morgan fingerprint density at radius 3 is 2.19 bits per heavy atom. The number of amides is 1. The van der Waals surface area contributed by atoms with Crippen molar-refractivity contribution in [2.45, 2.75) is 25.9 Å². The fourth-order valence-corrected chi connectivity index (χ4v) is 3.24. The number of anilines is 2. The summed E-state index contributed by atoms with van der Waals surface area (Å²) >= 11 is 0. The van der Waals surface area contributed by atoms with Crippen molar-refractivity contribution in [1.29, 1.82) is 0 Å². The lowest BCUT2D eigenvalue weighted by Gasteiger charge is -2.34. The van der Waals surface area contributed by atoms with E-state index in [2.05, 4.69) is 17.1 Å². The van der Waals surface area contributed by atoms with Crippen molar-refractivity contribution in [3.8, 4) is 0 Å². The number of rotatable bonds is 4. The van der Waals surface area contributed by atoms with Gasteiger partial charge in [0.1, 0.15) is 0 Å². The molecule has 172 valence electrons. The molecule has 0 saturated carbocycles. The van der Waals surface area contributed by atoms with E-state index >= 15 is 0 Å². The molecule has 2 aromatic rings. The Morgan fingerprint density at radius 2 is 1.66 bits per heavy atom. The number of aliphatic carboxylic acids is 1. The quantitative estimate of drug-likeness (QED) is 0.630. The lowest BCUT2D eigenvalue weighted by molar-refractivity contribution is -0.192. The highest BCUT2D eigenvalue weighted by molar-refractivity contribution is 6.06. The predicted octanol–water partition coefficient (Wildman–Crippen LogP) is 4.51. The van der Waals surface area contributed by atoms with E-state index in [0.717, 1.165) is 25.2 Å². The molecule has 0 aliphatic carbocycles. The molecule has 1 heterocycles. The monoisotopic (exact) mass is 452 g/mol. The van der Waals surface area contributed by atoms with Gasteiger partial charge in [-0.15, -0.1) is 0 Å².